The number of hydrogen-bond acceptors (Lipinski definition) is 3. The van der Waals surface area contributed by atoms with Crippen LogP contribution >= 0.6 is 0 Å². The van der Waals surface area contributed by atoms with E-state index in [0.717, 1.165) is 0 Å². The monoisotopic (exact) mass is 345 g/mol. The van der Waals surface area contributed by atoms with Crippen LogP contribution in [0.2, 0.25) is 0 Å². The van der Waals surface area contributed by atoms with Crippen LogP contribution in [-0.4, -0.2) is 41.9 Å². The van der Waals surface area contributed by atoms with Crippen LogP contribution in [0.1, 0.15) is 30.7 Å². The molecule has 132 valence electrons. The summed E-state index contributed by atoms with van der Waals surface area (Å²) in [6.45, 7) is 0.238. The van der Waals surface area contributed by atoms with Crippen LogP contribution in [0.5, 0.6) is 0 Å². The second-order valence-corrected chi connectivity index (χ2v) is 5.91. The van der Waals surface area contributed by atoms with E-state index in [9.17, 15) is 22.8 Å². The molecule has 2 unspecified atom stereocenters. The van der Waals surface area contributed by atoms with Crippen molar-refractivity contribution in [2.75, 3.05) is 13.2 Å². The molecule has 24 heavy (non-hydrogen) atoms. The normalized spacial score (nSPS) is 22.1. The van der Waals surface area contributed by atoms with Crippen LogP contribution in [0, 0.1) is 0 Å². The Hall–Kier alpha value is -2.09. The molecule has 2 atom stereocenters. The highest BCUT2D eigenvalue weighted by atomic mass is 19.4. The van der Waals surface area contributed by atoms with Gasteiger partial charge in [-0.2, -0.15) is 13.2 Å². The van der Waals surface area contributed by atoms with Crippen LogP contribution in [0.4, 0.5) is 13.2 Å². The highest BCUT2D eigenvalue weighted by Gasteiger charge is 2.44. The first-order valence-corrected chi connectivity index (χ1v) is 7.44. The van der Waals surface area contributed by atoms with Crippen LogP contribution in [0.3, 0.4) is 0 Å². The first-order valence-electron chi connectivity index (χ1n) is 7.44. The number of halogens is 3. The van der Waals surface area contributed by atoms with Crippen molar-refractivity contribution < 1.29 is 32.6 Å². The third-order valence-electron chi connectivity index (χ3n) is 3.98. The molecular formula is C16H18F3NO4. The molecule has 5 nitrogen and oxygen atoms in total. The summed E-state index contributed by atoms with van der Waals surface area (Å²) in [5, 5.41) is 11.4. The molecule has 1 amide bonds. The summed E-state index contributed by atoms with van der Waals surface area (Å²) in [5.74, 6) is -3.92. The van der Waals surface area contributed by atoms with Gasteiger partial charge in [0.15, 0.2) is 0 Å². The number of alkyl halides is 3. The predicted molar refractivity (Wildman–Crippen MR) is 78.4 cm³/mol. The van der Waals surface area contributed by atoms with Crippen LogP contribution in [0.25, 0.3) is 0 Å². The van der Waals surface area contributed by atoms with Crippen molar-refractivity contribution >= 4 is 11.9 Å². The molecule has 1 aromatic rings. The summed E-state index contributed by atoms with van der Waals surface area (Å²) in [5.41, 5.74) is -1.15. The van der Waals surface area contributed by atoms with Gasteiger partial charge in [-0.25, -0.2) is 0 Å². The lowest BCUT2D eigenvalue weighted by Crippen LogP contribution is -2.51. The smallest absolute Gasteiger partial charge is 0.396 e. The minimum atomic E-state index is -4.58. The standard InChI is InChI=1S/C16H18F3NO4/c17-16(18,19)12(11-4-2-1-3-5-11)8-13(21)20-15(9-14(22)23)6-7-24-10-15/h1-5,12H,6-10H2,(H,20,21)(H,22,23). The quantitative estimate of drug-likeness (QED) is 0.831. The second-order valence-electron chi connectivity index (χ2n) is 5.91. The third-order valence-corrected chi connectivity index (χ3v) is 3.98. The Labute approximate surface area is 136 Å². The molecule has 0 radical (unpaired) electrons. The average molecular weight is 345 g/mol. The number of carbonyl (C=O) groups is 2. The van der Waals surface area contributed by atoms with Crippen molar-refractivity contribution in [3.8, 4) is 0 Å². The number of ether oxygens (including phenoxy) is 1. The number of aliphatic carboxylic acids is 1. The van der Waals surface area contributed by atoms with Gasteiger partial charge < -0.3 is 15.2 Å². The Morgan fingerprint density at radius 2 is 1.96 bits per heavy atom. The number of carboxylic acids is 1. The van der Waals surface area contributed by atoms with E-state index >= 15 is 0 Å². The zero-order valence-electron chi connectivity index (χ0n) is 12.8. The van der Waals surface area contributed by atoms with E-state index < -0.39 is 35.9 Å². The van der Waals surface area contributed by atoms with Crippen molar-refractivity contribution in [2.45, 2.75) is 36.9 Å². The molecule has 0 aromatic heterocycles. The maximum atomic E-state index is 13.3. The van der Waals surface area contributed by atoms with Crippen LogP contribution < -0.4 is 5.32 Å². The zero-order chi connectivity index (χ0) is 17.8. The molecule has 0 spiro atoms. The van der Waals surface area contributed by atoms with E-state index in [1.807, 2.05) is 0 Å². The van der Waals surface area contributed by atoms with Gasteiger partial charge >= 0.3 is 12.1 Å². The fraction of sp³-hybridized carbons (Fsp3) is 0.500. The van der Waals surface area contributed by atoms with Gasteiger partial charge in [-0.05, 0) is 12.0 Å². The number of nitrogens with one attached hydrogen (secondary N) is 1. The van der Waals surface area contributed by atoms with Crippen molar-refractivity contribution in [1.82, 2.24) is 5.32 Å². The summed E-state index contributed by atoms with van der Waals surface area (Å²) in [7, 11) is 0. The largest absolute Gasteiger partial charge is 0.481 e. The third kappa shape index (κ3) is 4.70. The summed E-state index contributed by atoms with van der Waals surface area (Å²) >= 11 is 0. The molecule has 1 aliphatic heterocycles. The molecule has 2 N–H and O–H groups in total. The molecule has 8 heteroatoms. The van der Waals surface area contributed by atoms with Gasteiger partial charge in [0.05, 0.1) is 24.5 Å². The maximum absolute atomic E-state index is 13.3. The first-order chi connectivity index (χ1) is 11.2. The fourth-order valence-electron chi connectivity index (χ4n) is 2.82. The maximum Gasteiger partial charge on any atom is 0.396 e. The van der Waals surface area contributed by atoms with Gasteiger partial charge in [0, 0.05) is 13.0 Å². The molecule has 1 fully saturated rings. The lowest BCUT2D eigenvalue weighted by Gasteiger charge is -2.28. The van der Waals surface area contributed by atoms with Crippen molar-refractivity contribution in [3.05, 3.63) is 35.9 Å². The fourth-order valence-corrected chi connectivity index (χ4v) is 2.82. The molecule has 1 saturated heterocycles. The summed E-state index contributed by atoms with van der Waals surface area (Å²) in [6, 6.07) is 7.18. The highest BCUT2D eigenvalue weighted by molar-refractivity contribution is 5.79. The van der Waals surface area contributed by atoms with Crippen LogP contribution in [0.15, 0.2) is 30.3 Å². The molecule has 1 aromatic carbocycles. The van der Waals surface area contributed by atoms with Crippen molar-refractivity contribution in [2.24, 2.45) is 0 Å². The summed E-state index contributed by atoms with van der Waals surface area (Å²) in [4.78, 5) is 23.1. The number of rotatable bonds is 6. The lowest BCUT2D eigenvalue weighted by atomic mass is 9.91. The minimum Gasteiger partial charge on any atom is -0.481 e. The molecule has 2 rings (SSSR count). The number of carboxylic acid groups (broad SMARTS) is 1. The van der Waals surface area contributed by atoms with E-state index in [4.69, 9.17) is 9.84 Å². The summed E-state index contributed by atoms with van der Waals surface area (Å²) < 4.78 is 45.0. The Morgan fingerprint density at radius 3 is 2.46 bits per heavy atom. The van der Waals surface area contributed by atoms with E-state index in [2.05, 4.69) is 5.32 Å². The van der Waals surface area contributed by atoms with Crippen molar-refractivity contribution in [1.29, 1.82) is 0 Å². The lowest BCUT2D eigenvalue weighted by molar-refractivity contribution is -0.158. The predicted octanol–water partition coefficient (Wildman–Crippen LogP) is 2.47. The van der Waals surface area contributed by atoms with E-state index in [-0.39, 0.29) is 31.6 Å². The van der Waals surface area contributed by atoms with E-state index in [0.29, 0.717) is 0 Å². The average Bonchev–Trinajstić information content (AvgIpc) is 2.91. The van der Waals surface area contributed by atoms with Gasteiger partial charge in [0.25, 0.3) is 0 Å². The molecule has 1 heterocycles. The molecular weight excluding hydrogens is 327 g/mol. The first kappa shape index (κ1) is 18.3. The van der Waals surface area contributed by atoms with Gasteiger partial charge in [0.2, 0.25) is 5.91 Å². The van der Waals surface area contributed by atoms with Gasteiger partial charge in [-0.15, -0.1) is 0 Å². The second kappa shape index (κ2) is 7.21. The van der Waals surface area contributed by atoms with Crippen molar-refractivity contribution in [3.63, 3.8) is 0 Å². The molecule has 1 aliphatic rings. The Bertz CT molecular complexity index is 583. The van der Waals surface area contributed by atoms with Gasteiger partial charge in [-0.1, -0.05) is 30.3 Å². The SMILES string of the molecule is O=C(O)CC1(NC(=O)CC(c2ccccc2)C(F)(F)F)CCOC1. The number of hydrogen-bond donors (Lipinski definition) is 2. The summed E-state index contributed by atoms with van der Waals surface area (Å²) in [6.07, 6.45) is -5.51. The molecule has 0 bridgehead atoms. The minimum absolute atomic E-state index is 0.00453. The van der Waals surface area contributed by atoms with Gasteiger partial charge in [0.1, 0.15) is 0 Å². The highest BCUT2D eigenvalue weighted by Crippen LogP contribution is 2.37. The Morgan fingerprint density at radius 1 is 1.29 bits per heavy atom. The van der Waals surface area contributed by atoms with Crippen LogP contribution in [-0.2, 0) is 14.3 Å². The number of amides is 1. The Kier molecular flexibility index (Phi) is 5.48. The van der Waals surface area contributed by atoms with E-state index in [1.165, 1.54) is 24.3 Å². The molecule has 0 saturated carbocycles. The molecule has 0 aliphatic carbocycles. The van der Waals surface area contributed by atoms with E-state index in [1.54, 1.807) is 6.07 Å². The topological polar surface area (TPSA) is 75.6 Å². The zero-order valence-corrected chi connectivity index (χ0v) is 12.8. The Balaban J connectivity index is 2.11. The number of benzene rings is 1. The number of carbonyl (C=O) groups excluding carboxylic acids is 1. The van der Waals surface area contributed by atoms with Gasteiger partial charge in [-0.3, -0.25) is 9.59 Å².